The van der Waals surface area contributed by atoms with E-state index in [1.165, 1.54) is 0 Å². The van der Waals surface area contributed by atoms with Gasteiger partial charge in [-0.25, -0.2) is 4.39 Å². The molecule has 0 radical (unpaired) electrons. The molecule has 0 fully saturated rings. The molecule has 0 aliphatic heterocycles. The van der Waals surface area contributed by atoms with Crippen LogP contribution in [0.5, 0.6) is 0 Å². The van der Waals surface area contributed by atoms with Crippen LogP contribution in [0.2, 0.25) is 0 Å². The van der Waals surface area contributed by atoms with E-state index in [9.17, 15) is 8.78 Å². The maximum Gasteiger partial charge on any atom is 0.241 e. The third-order valence-electron chi connectivity index (χ3n) is 1.64. The normalized spacial score (nSPS) is 14.2. The van der Waals surface area contributed by atoms with Crippen LogP contribution in [-0.2, 0) is 6.42 Å². The first-order valence-corrected chi connectivity index (χ1v) is 3.85. The van der Waals surface area contributed by atoms with Crippen molar-refractivity contribution in [3.8, 4) is 0 Å². The molecule has 1 unspecified atom stereocenters. The van der Waals surface area contributed by atoms with Gasteiger partial charge in [-0.15, -0.1) is 0 Å². The third-order valence-corrected chi connectivity index (χ3v) is 1.64. The lowest BCUT2D eigenvalue weighted by Crippen LogP contribution is -2.15. The van der Waals surface area contributed by atoms with E-state index in [-0.39, 0.29) is 6.42 Å². The zero-order chi connectivity index (χ0) is 9.68. The molecule has 4 heteroatoms. The lowest BCUT2D eigenvalue weighted by atomic mass is 10.1. The minimum absolute atomic E-state index is 0.0344. The molecular weight excluding hydrogens is 174 g/mol. The minimum Gasteiger partial charge on any atom is -0.321 e. The van der Waals surface area contributed by atoms with E-state index < -0.39 is 12.1 Å². The predicted octanol–water partition coefficient (Wildman–Crippen LogP) is 1.81. The summed E-state index contributed by atoms with van der Waals surface area (Å²) in [6.45, 7) is 0. The summed E-state index contributed by atoms with van der Waals surface area (Å²) in [5, 5.41) is 2.66. The highest BCUT2D eigenvalue weighted by Crippen LogP contribution is 2.07. The first-order chi connectivity index (χ1) is 6.24. The van der Waals surface area contributed by atoms with Gasteiger partial charge in [0.25, 0.3) is 0 Å². The Balaban J connectivity index is 2.60. The van der Waals surface area contributed by atoms with Crippen LogP contribution in [0.3, 0.4) is 0 Å². The van der Waals surface area contributed by atoms with Gasteiger partial charge in [0.05, 0.1) is 0 Å². The number of nitrogens with zero attached hydrogens (tertiary/aromatic N) is 1. The lowest BCUT2D eigenvalue weighted by Gasteiger charge is -2.03. The van der Waals surface area contributed by atoms with Crippen LogP contribution >= 0.6 is 0 Å². The van der Waals surface area contributed by atoms with Crippen molar-refractivity contribution in [1.82, 2.24) is 0 Å². The van der Waals surface area contributed by atoms with Gasteiger partial charge in [0.15, 0.2) is 6.17 Å². The van der Waals surface area contributed by atoms with Gasteiger partial charge in [-0.3, -0.25) is 0 Å². The minimum atomic E-state index is -1.74. The molecule has 1 rings (SSSR count). The van der Waals surface area contributed by atoms with Gasteiger partial charge in [0.1, 0.15) is 0 Å². The van der Waals surface area contributed by atoms with Crippen molar-refractivity contribution in [2.45, 2.75) is 12.6 Å². The van der Waals surface area contributed by atoms with Gasteiger partial charge in [-0.1, -0.05) is 30.3 Å². The summed E-state index contributed by atoms with van der Waals surface area (Å²) >= 11 is 0. The summed E-state index contributed by atoms with van der Waals surface area (Å²) in [6.07, 6.45) is -1.78. The second kappa shape index (κ2) is 4.54. The zero-order valence-electron chi connectivity index (χ0n) is 6.95. The summed E-state index contributed by atoms with van der Waals surface area (Å²) in [5.41, 5.74) is 0.716. The van der Waals surface area contributed by atoms with E-state index in [1.54, 1.807) is 24.3 Å². The van der Waals surface area contributed by atoms with Crippen molar-refractivity contribution in [3.63, 3.8) is 0 Å². The molecule has 70 valence electrons. The van der Waals surface area contributed by atoms with E-state index >= 15 is 0 Å². The number of benzene rings is 1. The molecule has 1 aromatic rings. The molecule has 1 aromatic carbocycles. The summed E-state index contributed by atoms with van der Waals surface area (Å²) in [6, 6.07) is 8.77. The van der Waals surface area contributed by atoms with Crippen molar-refractivity contribution in [3.05, 3.63) is 35.9 Å². The Labute approximate surface area is 75.1 Å². The molecule has 0 aliphatic carbocycles. The summed E-state index contributed by atoms with van der Waals surface area (Å²) < 4.78 is 25.4. The summed E-state index contributed by atoms with van der Waals surface area (Å²) in [5.74, 6) is 3.44. The number of hydrogen-bond donors (Lipinski definition) is 1. The second-order valence-electron chi connectivity index (χ2n) is 2.61. The van der Waals surface area contributed by atoms with E-state index in [1.807, 2.05) is 6.07 Å². The number of nitrogens with two attached hydrogens (primary N) is 1. The molecule has 2 N–H and O–H groups in total. The smallest absolute Gasteiger partial charge is 0.241 e. The van der Waals surface area contributed by atoms with Crippen molar-refractivity contribution in [1.29, 1.82) is 0 Å². The first kappa shape index (κ1) is 9.64. The molecule has 0 spiro atoms. The van der Waals surface area contributed by atoms with Crippen LogP contribution in [0.15, 0.2) is 35.4 Å². The predicted molar refractivity (Wildman–Crippen MR) is 47.8 cm³/mol. The Kier molecular flexibility index (Phi) is 3.37. The Morgan fingerprint density at radius 1 is 1.38 bits per heavy atom. The second-order valence-corrected chi connectivity index (χ2v) is 2.61. The standard InChI is InChI=1S/C9H10F2N2/c10-8(9(11)13-12)6-7-4-2-1-3-5-7/h1-5,8H,6,12H2. The fraction of sp³-hybridized carbons (Fsp3) is 0.222. The molecule has 0 bridgehead atoms. The van der Waals surface area contributed by atoms with Crippen molar-refractivity contribution < 1.29 is 8.78 Å². The average Bonchev–Trinajstić information content (AvgIpc) is 2.18. The first-order valence-electron chi connectivity index (χ1n) is 3.85. The van der Waals surface area contributed by atoms with Gasteiger partial charge in [0, 0.05) is 6.42 Å². The van der Waals surface area contributed by atoms with Crippen LogP contribution in [0, 0.1) is 0 Å². The van der Waals surface area contributed by atoms with E-state index in [2.05, 4.69) is 10.9 Å². The fourth-order valence-electron chi connectivity index (χ4n) is 0.986. The van der Waals surface area contributed by atoms with Gasteiger partial charge in [0.2, 0.25) is 5.97 Å². The van der Waals surface area contributed by atoms with Gasteiger partial charge in [-0.2, -0.15) is 9.49 Å². The molecule has 0 aromatic heterocycles. The lowest BCUT2D eigenvalue weighted by molar-refractivity contribution is 0.396. The zero-order valence-corrected chi connectivity index (χ0v) is 6.95. The number of rotatable bonds is 3. The molecule has 0 aliphatic rings. The molecule has 0 amide bonds. The Morgan fingerprint density at radius 3 is 2.54 bits per heavy atom. The molecule has 0 saturated heterocycles. The van der Waals surface area contributed by atoms with Crippen LogP contribution in [0.25, 0.3) is 0 Å². The Bertz CT molecular complexity index is 285. The third kappa shape index (κ3) is 2.82. The van der Waals surface area contributed by atoms with Gasteiger partial charge >= 0.3 is 0 Å². The SMILES string of the molecule is NN=C(F)C(F)Cc1ccccc1. The highest BCUT2D eigenvalue weighted by Gasteiger charge is 2.14. The quantitative estimate of drug-likeness (QED) is 0.434. The number of halogens is 2. The summed E-state index contributed by atoms with van der Waals surface area (Å²) in [4.78, 5) is 0. The molecule has 0 heterocycles. The van der Waals surface area contributed by atoms with Crippen molar-refractivity contribution >= 4 is 5.97 Å². The van der Waals surface area contributed by atoms with Crippen molar-refractivity contribution in [2.75, 3.05) is 0 Å². The molecule has 1 atom stereocenters. The van der Waals surface area contributed by atoms with Gasteiger partial charge in [-0.05, 0) is 5.56 Å². The van der Waals surface area contributed by atoms with Crippen molar-refractivity contribution in [2.24, 2.45) is 10.9 Å². The maximum atomic E-state index is 12.9. The highest BCUT2D eigenvalue weighted by molar-refractivity contribution is 5.79. The van der Waals surface area contributed by atoms with Crippen LogP contribution in [0.1, 0.15) is 5.56 Å². The average molecular weight is 184 g/mol. The summed E-state index contributed by atoms with van der Waals surface area (Å²) in [7, 11) is 0. The topological polar surface area (TPSA) is 38.4 Å². The van der Waals surface area contributed by atoms with E-state index in [0.717, 1.165) is 0 Å². The Hall–Kier alpha value is -1.45. The maximum absolute atomic E-state index is 12.9. The van der Waals surface area contributed by atoms with Crippen LogP contribution < -0.4 is 5.84 Å². The van der Waals surface area contributed by atoms with Crippen LogP contribution in [-0.4, -0.2) is 12.1 Å². The van der Waals surface area contributed by atoms with Gasteiger partial charge < -0.3 is 5.84 Å². The number of alkyl halides is 1. The Morgan fingerprint density at radius 2 is 2.00 bits per heavy atom. The molecule has 2 nitrogen and oxygen atoms in total. The number of hydrogen-bond acceptors (Lipinski definition) is 2. The van der Waals surface area contributed by atoms with E-state index in [0.29, 0.717) is 5.56 Å². The highest BCUT2D eigenvalue weighted by atomic mass is 19.2. The molecular formula is C9H10F2N2. The van der Waals surface area contributed by atoms with Crippen LogP contribution in [0.4, 0.5) is 8.78 Å². The molecule has 0 saturated carbocycles. The fourth-order valence-corrected chi connectivity index (χ4v) is 0.986. The molecule has 13 heavy (non-hydrogen) atoms. The number of hydrazone groups is 1. The van der Waals surface area contributed by atoms with E-state index in [4.69, 9.17) is 0 Å². The monoisotopic (exact) mass is 184 g/mol. The largest absolute Gasteiger partial charge is 0.321 e.